The van der Waals surface area contributed by atoms with Crippen LogP contribution in [0.25, 0.3) is 0 Å². The first-order valence-electron chi connectivity index (χ1n) is 6.92. The molecule has 0 aliphatic carbocycles. The van der Waals surface area contributed by atoms with Gasteiger partial charge in [-0.05, 0) is 24.6 Å². The number of aryl methyl sites for hydroxylation is 1. The fraction of sp³-hybridized carbons (Fsp3) is 0.267. The quantitative estimate of drug-likeness (QED) is 0.912. The molecule has 120 valence electrons. The molecule has 3 rings (SSSR count). The summed E-state index contributed by atoms with van der Waals surface area (Å²) < 4.78 is 15.6. The lowest BCUT2D eigenvalue weighted by Gasteiger charge is -2.28. The van der Waals surface area contributed by atoms with Crippen LogP contribution >= 0.6 is 11.6 Å². The number of fused-ring (bicyclic) bond motifs is 1. The molecule has 1 aliphatic rings. The van der Waals surface area contributed by atoms with Crippen LogP contribution in [0.15, 0.2) is 18.2 Å². The largest absolute Gasteiger partial charge is 0.476 e. The monoisotopic (exact) mass is 337 g/mol. The summed E-state index contributed by atoms with van der Waals surface area (Å²) in [7, 11) is 0. The van der Waals surface area contributed by atoms with Crippen molar-refractivity contribution in [3.8, 4) is 0 Å². The molecule has 0 spiro atoms. The fourth-order valence-electron chi connectivity index (χ4n) is 2.56. The van der Waals surface area contributed by atoms with Crippen molar-refractivity contribution in [1.82, 2.24) is 14.7 Å². The van der Waals surface area contributed by atoms with Gasteiger partial charge in [0.15, 0.2) is 5.69 Å². The highest BCUT2D eigenvalue weighted by Gasteiger charge is 2.28. The predicted octanol–water partition coefficient (Wildman–Crippen LogP) is 2.34. The molecule has 0 atom stereocenters. The SMILES string of the molecule is Cc1ccc(F)c(C(=O)N2CCn3nc(C(=O)O)cc3C2)c1Cl. The number of halogens is 2. The van der Waals surface area contributed by atoms with E-state index >= 15 is 0 Å². The van der Waals surface area contributed by atoms with Crippen molar-refractivity contribution in [2.75, 3.05) is 6.54 Å². The Labute approximate surface area is 136 Å². The van der Waals surface area contributed by atoms with Gasteiger partial charge in [-0.1, -0.05) is 17.7 Å². The van der Waals surface area contributed by atoms with E-state index in [1.165, 1.54) is 23.1 Å². The number of aromatic nitrogens is 2. The minimum Gasteiger partial charge on any atom is -0.476 e. The zero-order chi connectivity index (χ0) is 16.7. The lowest BCUT2D eigenvalue weighted by molar-refractivity contribution is 0.0678. The van der Waals surface area contributed by atoms with Gasteiger partial charge in [0.25, 0.3) is 5.91 Å². The smallest absolute Gasteiger partial charge is 0.356 e. The summed E-state index contributed by atoms with van der Waals surface area (Å²) in [5, 5.41) is 13.0. The maximum absolute atomic E-state index is 14.0. The van der Waals surface area contributed by atoms with Crippen molar-refractivity contribution in [2.45, 2.75) is 20.0 Å². The van der Waals surface area contributed by atoms with Crippen molar-refractivity contribution < 1.29 is 19.1 Å². The highest BCUT2D eigenvalue weighted by Crippen LogP contribution is 2.26. The Morgan fingerprint density at radius 2 is 2.09 bits per heavy atom. The van der Waals surface area contributed by atoms with Crippen molar-refractivity contribution in [3.05, 3.63) is 51.6 Å². The average Bonchev–Trinajstić information content (AvgIpc) is 2.94. The molecule has 0 bridgehead atoms. The van der Waals surface area contributed by atoms with E-state index in [9.17, 15) is 14.0 Å². The van der Waals surface area contributed by atoms with E-state index in [0.717, 1.165) is 0 Å². The summed E-state index contributed by atoms with van der Waals surface area (Å²) in [6, 6.07) is 4.14. The summed E-state index contributed by atoms with van der Waals surface area (Å²) in [6.45, 7) is 2.50. The Morgan fingerprint density at radius 1 is 1.35 bits per heavy atom. The minimum atomic E-state index is -1.13. The third-order valence-corrected chi connectivity index (χ3v) is 4.29. The first-order valence-corrected chi connectivity index (χ1v) is 7.30. The van der Waals surface area contributed by atoms with Gasteiger partial charge in [0.05, 0.1) is 29.4 Å². The first kappa shape index (κ1) is 15.5. The minimum absolute atomic E-state index is 0.0749. The molecule has 0 saturated heterocycles. The van der Waals surface area contributed by atoms with E-state index in [0.29, 0.717) is 24.3 Å². The molecule has 0 saturated carbocycles. The summed E-state index contributed by atoms with van der Waals surface area (Å²) in [4.78, 5) is 25.0. The molecular formula is C15H13ClFN3O3. The molecule has 1 aliphatic heterocycles. The normalized spacial score (nSPS) is 13.8. The molecule has 1 aromatic heterocycles. The van der Waals surface area contributed by atoms with Gasteiger partial charge < -0.3 is 10.0 Å². The summed E-state index contributed by atoms with van der Waals surface area (Å²) in [5.41, 5.74) is 0.977. The van der Waals surface area contributed by atoms with Crippen molar-refractivity contribution >= 4 is 23.5 Å². The van der Waals surface area contributed by atoms with Crippen LogP contribution in [0.2, 0.25) is 5.02 Å². The number of amides is 1. The maximum Gasteiger partial charge on any atom is 0.356 e. The van der Waals surface area contributed by atoms with Crippen molar-refractivity contribution in [1.29, 1.82) is 0 Å². The van der Waals surface area contributed by atoms with Crippen LogP contribution in [0, 0.1) is 12.7 Å². The van der Waals surface area contributed by atoms with Gasteiger partial charge in [-0.3, -0.25) is 9.48 Å². The molecule has 1 aromatic carbocycles. The number of hydrogen-bond acceptors (Lipinski definition) is 3. The molecule has 2 aromatic rings. The van der Waals surface area contributed by atoms with Gasteiger partial charge >= 0.3 is 5.97 Å². The Hall–Kier alpha value is -2.41. The van der Waals surface area contributed by atoms with Crippen LogP contribution in [-0.4, -0.2) is 38.2 Å². The third kappa shape index (κ3) is 2.68. The van der Waals surface area contributed by atoms with E-state index in [4.69, 9.17) is 16.7 Å². The van der Waals surface area contributed by atoms with Gasteiger partial charge in [-0.15, -0.1) is 0 Å². The van der Waals surface area contributed by atoms with Crippen LogP contribution < -0.4 is 0 Å². The highest BCUT2D eigenvalue weighted by molar-refractivity contribution is 6.34. The Kier molecular flexibility index (Phi) is 3.81. The second-order valence-corrected chi connectivity index (χ2v) is 5.71. The van der Waals surface area contributed by atoms with Gasteiger partial charge in [0, 0.05) is 6.54 Å². The van der Waals surface area contributed by atoms with Crippen molar-refractivity contribution in [3.63, 3.8) is 0 Å². The number of carbonyl (C=O) groups is 2. The predicted molar refractivity (Wildman–Crippen MR) is 80.1 cm³/mol. The number of carboxylic acid groups (broad SMARTS) is 1. The zero-order valence-electron chi connectivity index (χ0n) is 12.2. The molecule has 6 nitrogen and oxygen atoms in total. The van der Waals surface area contributed by atoms with E-state index in [2.05, 4.69) is 5.10 Å². The molecule has 8 heteroatoms. The third-order valence-electron chi connectivity index (χ3n) is 3.80. The second kappa shape index (κ2) is 5.66. The van der Waals surface area contributed by atoms with E-state index in [1.807, 2.05) is 0 Å². The van der Waals surface area contributed by atoms with Crippen LogP contribution in [0.5, 0.6) is 0 Å². The number of benzene rings is 1. The standard InChI is InChI=1S/C15H13ClFN3O3/c1-8-2-3-10(17)12(13(8)16)14(21)19-4-5-20-9(7-19)6-11(18-20)15(22)23/h2-3,6H,4-5,7H2,1H3,(H,22,23). The van der Waals surface area contributed by atoms with Gasteiger partial charge in [0.1, 0.15) is 5.82 Å². The molecule has 1 amide bonds. The van der Waals surface area contributed by atoms with Crippen LogP contribution in [0.3, 0.4) is 0 Å². The zero-order valence-corrected chi connectivity index (χ0v) is 13.0. The van der Waals surface area contributed by atoms with Gasteiger partial charge in [0.2, 0.25) is 0 Å². The number of rotatable bonds is 2. The lowest BCUT2D eigenvalue weighted by Crippen LogP contribution is -2.39. The molecule has 0 unspecified atom stereocenters. The van der Waals surface area contributed by atoms with Crippen LogP contribution in [0.4, 0.5) is 4.39 Å². The van der Waals surface area contributed by atoms with Gasteiger partial charge in [-0.2, -0.15) is 5.10 Å². The number of aromatic carboxylic acids is 1. The van der Waals surface area contributed by atoms with Crippen molar-refractivity contribution in [2.24, 2.45) is 0 Å². The lowest BCUT2D eigenvalue weighted by atomic mass is 10.1. The average molecular weight is 338 g/mol. The van der Waals surface area contributed by atoms with E-state index in [-0.39, 0.29) is 22.8 Å². The first-order chi connectivity index (χ1) is 10.9. The summed E-state index contributed by atoms with van der Waals surface area (Å²) >= 11 is 6.08. The Bertz CT molecular complexity index is 819. The Morgan fingerprint density at radius 3 is 2.78 bits per heavy atom. The van der Waals surface area contributed by atoms with Gasteiger partial charge in [-0.25, -0.2) is 9.18 Å². The van der Waals surface area contributed by atoms with E-state index in [1.54, 1.807) is 11.6 Å². The molecule has 2 heterocycles. The summed E-state index contributed by atoms with van der Waals surface area (Å²) in [5.74, 6) is -2.31. The number of hydrogen-bond donors (Lipinski definition) is 1. The number of nitrogens with zero attached hydrogens (tertiary/aromatic N) is 3. The highest BCUT2D eigenvalue weighted by atomic mass is 35.5. The second-order valence-electron chi connectivity index (χ2n) is 5.33. The number of carboxylic acids is 1. The van der Waals surface area contributed by atoms with Crippen LogP contribution in [-0.2, 0) is 13.1 Å². The van der Waals surface area contributed by atoms with Crippen LogP contribution in [0.1, 0.15) is 32.1 Å². The summed E-state index contributed by atoms with van der Waals surface area (Å²) in [6.07, 6.45) is 0. The molecule has 0 radical (unpaired) electrons. The molecule has 0 fully saturated rings. The molecule has 23 heavy (non-hydrogen) atoms. The maximum atomic E-state index is 14.0. The fourth-order valence-corrected chi connectivity index (χ4v) is 2.79. The molecular weight excluding hydrogens is 325 g/mol. The van der Waals surface area contributed by atoms with E-state index < -0.39 is 17.7 Å². The molecule has 1 N–H and O–H groups in total. The Balaban J connectivity index is 1.90. The number of carbonyl (C=O) groups excluding carboxylic acids is 1. The topological polar surface area (TPSA) is 75.4 Å².